The average molecular weight is 494 g/mol. The first-order valence-electron chi connectivity index (χ1n) is 9.16. The van der Waals surface area contributed by atoms with Crippen molar-refractivity contribution in [3.05, 3.63) is 84.4 Å². The van der Waals surface area contributed by atoms with Crippen LogP contribution < -0.4 is 16.0 Å². The predicted molar refractivity (Wildman–Crippen MR) is 117 cm³/mol. The van der Waals surface area contributed by atoms with Crippen molar-refractivity contribution >= 4 is 40.0 Å². The number of benzene rings is 2. The first kappa shape index (κ1) is 22.7. The Morgan fingerprint density at radius 1 is 1.18 bits per heavy atom. The molecular formula is C21H13F3N2O5S2. The van der Waals surface area contributed by atoms with Crippen molar-refractivity contribution in [2.75, 3.05) is 7.11 Å². The molecule has 4 aromatic rings. The van der Waals surface area contributed by atoms with Gasteiger partial charge in [-0.1, -0.05) is 0 Å². The summed E-state index contributed by atoms with van der Waals surface area (Å²) in [7, 11) is 1.31. The third kappa shape index (κ3) is 4.02. The Hall–Kier alpha value is -3.51. The molecule has 170 valence electrons. The summed E-state index contributed by atoms with van der Waals surface area (Å²) in [6.45, 7) is 0. The molecule has 2 N–H and O–H groups in total. The number of methoxy groups -OCH3 is 1. The van der Waals surface area contributed by atoms with Crippen molar-refractivity contribution in [3.8, 4) is 11.4 Å². The van der Waals surface area contributed by atoms with Gasteiger partial charge in [0, 0.05) is 21.6 Å². The van der Waals surface area contributed by atoms with Crippen LogP contribution in [0.2, 0.25) is 0 Å². The minimum absolute atomic E-state index is 0.0308. The number of thiophene rings is 1. The number of hydrogen-bond acceptors (Lipinski definition) is 6. The minimum atomic E-state index is -1.36. The van der Waals surface area contributed by atoms with Gasteiger partial charge in [-0.25, -0.2) is 27.3 Å². The summed E-state index contributed by atoms with van der Waals surface area (Å²) in [5.74, 6) is -4.37. The number of halogens is 3. The predicted octanol–water partition coefficient (Wildman–Crippen LogP) is 4.16. The number of nitrogens with zero attached hydrogens (tertiary/aromatic N) is 1. The third-order valence-corrected chi connectivity index (χ3v) is 6.75. The number of rotatable bonds is 6. The molecule has 0 aliphatic rings. The summed E-state index contributed by atoms with van der Waals surface area (Å²) < 4.78 is 48.1. The molecule has 7 nitrogen and oxygen atoms in total. The van der Waals surface area contributed by atoms with E-state index in [1.54, 1.807) is 0 Å². The van der Waals surface area contributed by atoms with Gasteiger partial charge in [-0.15, -0.1) is 23.1 Å². The minimum Gasteiger partial charge on any atom is -0.496 e. The van der Waals surface area contributed by atoms with Crippen LogP contribution in [0.1, 0.15) is 15.2 Å². The highest BCUT2D eigenvalue weighted by atomic mass is 32.2. The molecule has 0 radical (unpaired) electrons. The third-order valence-electron chi connectivity index (χ3n) is 4.76. The molecule has 0 spiro atoms. The SMILES string of the molecule is COc1ccc(F)c(F)c1CSc1ccc(F)c(-n2c(=O)[nH]c3csc(C(=O)O)c3c2=O)c1. The standard InChI is InChI=1S/C21H13F3N2O5S2/c1-31-15-5-4-12(23)17(24)10(15)7-32-9-2-3-11(22)14(6-9)26-19(27)16-13(25-21(26)30)8-33-18(16)20(28)29/h2-6,8H,7H2,1H3,(H,25,30)(H,28,29). The number of ether oxygens (including phenoxy) is 1. The number of carboxylic acid groups (broad SMARTS) is 1. The lowest BCUT2D eigenvalue weighted by atomic mass is 10.2. The molecular weight excluding hydrogens is 481 g/mol. The van der Waals surface area contributed by atoms with Crippen LogP contribution in [-0.4, -0.2) is 27.7 Å². The Morgan fingerprint density at radius 3 is 2.61 bits per heavy atom. The van der Waals surface area contributed by atoms with E-state index in [2.05, 4.69) is 4.98 Å². The molecule has 2 aromatic heterocycles. The molecule has 2 aromatic carbocycles. The smallest absolute Gasteiger partial charge is 0.346 e. The van der Waals surface area contributed by atoms with Gasteiger partial charge in [-0.05, 0) is 30.3 Å². The summed E-state index contributed by atoms with van der Waals surface area (Å²) in [5.41, 5.74) is -2.38. The number of aromatic carboxylic acids is 1. The highest BCUT2D eigenvalue weighted by Crippen LogP contribution is 2.32. The van der Waals surface area contributed by atoms with Crippen molar-refractivity contribution in [1.29, 1.82) is 0 Å². The number of thioether (sulfide) groups is 1. The normalized spacial score (nSPS) is 11.2. The Labute approximate surface area is 191 Å². The fourth-order valence-electron chi connectivity index (χ4n) is 3.22. The molecule has 0 fully saturated rings. The van der Waals surface area contributed by atoms with E-state index in [9.17, 15) is 32.7 Å². The monoisotopic (exact) mass is 494 g/mol. The second kappa shape index (κ2) is 8.79. The van der Waals surface area contributed by atoms with E-state index in [0.29, 0.717) is 9.46 Å². The fourth-order valence-corrected chi connectivity index (χ4v) is 4.99. The molecule has 0 saturated heterocycles. The fraction of sp³-hybridized carbons (Fsp3) is 0.0952. The molecule has 4 rings (SSSR count). The second-order valence-electron chi connectivity index (χ2n) is 6.67. The zero-order chi connectivity index (χ0) is 23.9. The molecule has 2 heterocycles. The van der Waals surface area contributed by atoms with Crippen LogP contribution >= 0.6 is 23.1 Å². The van der Waals surface area contributed by atoms with Gasteiger partial charge in [0.25, 0.3) is 5.56 Å². The second-order valence-corrected chi connectivity index (χ2v) is 8.60. The van der Waals surface area contributed by atoms with Gasteiger partial charge >= 0.3 is 11.7 Å². The van der Waals surface area contributed by atoms with Crippen molar-refractivity contribution in [3.63, 3.8) is 0 Å². The molecule has 0 amide bonds. The lowest BCUT2D eigenvalue weighted by Gasteiger charge is -2.11. The number of fused-ring (bicyclic) bond motifs is 1. The quantitative estimate of drug-likeness (QED) is 0.391. The average Bonchev–Trinajstić information content (AvgIpc) is 3.21. The van der Waals surface area contributed by atoms with Crippen LogP contribution in [0.5, 0.6) is 5.75 Å². The zero-order valence-electron chi connectivity index (χ0n) is 16.6. The van der Waals surface area contributed by atoms with Crippen molar-refractivity contribution in [2.24, 2.45) is 0 Å². The molecule has 12 heteroatoms. The number of nitrogens with one attached hydrogen (secondary N) is 1. The Kier molecular flexibility index (Phi) is 6.04. The number of aromatic nitrogens is 2. The maximum atomic E-state index is 14.6. The van der Waals surface area contributed by atoms with Gasteiger partial charge in [-0.3, -0.25) is 4.79 Å². The van der Waals surface area contributed by atoms with Gasteiger partial charge < -0.3 is 14.8 Å². The first-order valence-corrected chi connectivity index (χ1v) is 11.0. The summed E-state index contributed by atoms with van der Waals surface area (Å²) in [4.78, 5) is 39.3. The molecule has 0 aliphatic heterocycles. The van der Waals surface area contributed by atoms with Crippen molar-refractivity contribution in [1.82, 2.24) is 9.55 Å². The summed E-state index contributed by atoms with van der Waals surface area (Å²) in [6, 6.07) is 5.76. The Morgan fingerprint density at radius 2 is 1.91 bits per heavy atom. The van der Waals surface area contributed by atoms with Crippen LogP contribution in [0.3, 0.4) is 0 Å². The van der Waals surface area contributed by atoms with E-state index >= 15 is 0 Å². The topological polar surface area (TPSA) is 101 Å². The molecule has 0 unspecified atom stereocenters. The maximum Gasteiger partial charge on any atom is 0.346 e. The summed E-state index contributed by atoms with van der Waals surface area (Å²) in [5, 5.41) is 10.4. The van der Waals surface area contributed by atoms with Crippen molar-refractivity contribution in [2.45, 2.75) is 10.6 Å². The Bertz CT molecular complexity index is 1530. The molecule has 0 bridgehead atoms. The van der Waals surface area contributed by atoms with E-state index in [1.807, 2.05) is 0 Å². The van der Waals surface area contributed by atoms with Gasteiger partial charge in [0.1, 0.15) is 16.4 Å². The molecule has 33 heavy (non-hydrogen) atoms. The summed E-state index contributed by atoms with van der Waals surface area (Å²) in [6.07, 6.45) is 0. The van der Waals surface area contributed by atoms with E-state index in [1.165, 1.54) is 30.7 Å². The molecule has 0 atom stereocenters. The van der Waals surface area contributed by atoms with Gasteiger partial charge in [0.2, 0.25) is 0 Å². The lowest BCUT2D eigenvalue weighted by Crippen LogP contribution is -2.34. The zero-order valence-corrected chi connectivity index (χ0v) is 18.3. The highest BCUT2D eigenvalue weighted by Gasteiger charge is 2.21. The highest BCUT2D eigenvalue weighted by molar-refractivity contribution is 7.98. The van der Waals surface area contributed by atoms with Crippen LogP contribution in [0.25, 0.3) is 16.6 Å². The van der Waals surface area contributed by atoms with E-state index < -0.39 is 40.4 Å². The largest absolute Gasteiger partial charge is 0.496 e. The maximum absolute atomic E-state index is 14.6. The Balaban J connectivity index is 1.78. The van der Waals surface area contributed by atoms with Gasteiger partial charge in [-0.2, -0.15) is 0 Å². The van der Waals surface area contributed by atoms with E-state index in [-0.39, 0.29) is 32.8 Å². The van der Waals surface area contributed by atoms with Gasteiger partial charge in [0.15, 0.2) is 11.6 Å². The number of carboxylic acids is 1. The first-order chi connectivity index (χ1) is 15.7. The van der Waals surface area contributed by atoms with Crippen LogP contribution in [0, 0.1) is 17.5 Å². The number of aromatic amines is 1. The van der Waals surface area contributed by atoms with E-state index in [0.717, 1.165) is 35.2 Å². The van der Waals surface area contributed by atoms with Crippen LogP contribution in [-0.2, 0) is 5.75 Å². The number of carbonyl (C=O) groups is 1. The number of H-pyrrole nitrogens is 1. The van der Waals surface area contributed by atoms with Crippen LogP contribution in [0.15, 0.2) is 50.2 Å². The van der Waals surface area contributed by atoms with Crippen LogP contribution in [0.4, 0.5) is 13.2 Å². The number of hydrogen-bond donors (Lipinski definition) is 2. The lowest BCUT2D eigenvalue weighted by molar-refractivity contribution is 0.0704. The molecule has 0 aliphatic carbocycles. The van der Waals surface area contributed by atoms with Gasteiger partial charge in [0.05, 0.1) is 23.7 Å². The molecule has 0 saturated carbocycles. The summed E-state index contributed by atoms with van der Waals surface area (Å²) >= 11 is 1.75. The van der Waals surface area contributed by atoms with Crippen molar-refractivity contribution < 1.29 is 27.8 Å². The van der Waals surface area contributed by atoms with E-state index in [4.69, 9.17) is 4.74 Å².